The molecule has 1 N–H and O–H groups in total. The Morgan fingerprint density at radius 2 is 1.80 bits per heavy atom. The average Bonchev–Trinajstić information content (AvgIpc) is 2.39. The zero-order valence-electron chi connectivity index (χ0n) is 12.2. The second-order valence-electron chi connectivity index (χ2n) is 5.09. The molecule has 0 aliphatic rings. The Labute approximate surface area is 118 Å². The minimum Gasteiger partial charge on any atom is -0.496 e. The van der Waals surface area contributed by atoms with Crippen molar-refractivity contribution in [3.63, 3.8) is 0 Å². The molecule has 0 saturated heterocycles. The number of aliphatic hydroxyl groups excluding tert-OH is 1. The van der Waals surface area contributed by atoms with E-state index in [0.717, 1.165) is 16.7 Å². The summed E-state index contributed by atoms with van der Waals surface area (Å²) in [5.74, 6) is 0.307. The molecule has 0 aromatic heterocycles. The molecule has 0 bridgehead atoms. The number of halogens is 1. The largest absolute Gasteiger partial charge is 0.496 e. The van der Waals surface area contributed by atoms with Gasteiger partial charge in [0.05, 0.1) is 7.11 Å². The van der Waals surface area contributed by atoms with Crippen LogP contribution in [0.1, 0.15) is 33.9 Å². The average molecular weight is 274 g/mol. The van der Waals surface area contributed by atoms with Crippen molar-refractivity contribution in [1.82, 2.24) is 0 Å². The lowest BCUT2D eigenvalue weighted by Crippen LogP contribution is -2.05. The van der Waals surface area contributed by atoms with E-state index in [4.69, 9.17) is 4.74 Å². The van der Waals surface area contributed by atoms with Crippen molar-refractivity contribution in [1.29, 1.82) is 0 Å². The molecule has 0 spiro atoms. The van der Waals surface area contributed by atoms with Gasteiger partial charge in [-0.1, -0.05) is 18.2 Å². The lowest BCUT2D eigenvalue weighted by Gasteiger charge is -2.18. The number of hydrogen-bond donors (Lipinski definition) is 1. The topological polar surface area (TPSA) is 29.5 Å². The van der Waals surface area contributed by atoms with Gasteiger partial charge in [-0.05, 0) is 55.2 Å². The van der Waals surface area contributed by atoms with Gasteiger partial charge in [-0.15, -0.1) is 0 Å². The Bertz CT molecular complexity index is 615. The van der Waals surface area contributed by atoms with Crippen molar-refractivity contribution < 1.29 is 14.2 Å². The molecule has 0 fully saturated rings. The Hall–Kier alpha value is -1.87. The number of aryl methyl sites for hydroxylation is 2. The highest BCUT2D eigenvalue weighted by Crippen LogP contribution is 2.34. The first-order valence-electron chi connectivity index (χ1n) is 6.53. The van der Waals surface area contributed by atoms with Gasteiger partial charge in [0.2, 0.25) is 0 Å². The van der Waals surface area contributed by atoms with E-state index in [0.29, 0.717) is 16.9 Å². The molecule has 0 radical (unpaired) electrons. The predicted octanol–water partition coefficient (Wildman–Crippen LogP) is 3.84. The number of ether oxygens (including phenoxy) is 1. The number of benzene rings is 2. The molecule has 2 nitrogen and oxygen atoms in total. The molecule has 106 valence electrons. The van der Waals surface area contributed by atoms with E-state index >= 15 is 0 Å². The number of methoxy groups -OCH3 is 1. The van der Waals surface area contributed by atoms with Crippen molar-refractivity contribution in [2.75, 3.05) is 7.11 Å². The van der Waals surface area contributed by atoms with Gasteiger partial charge in [-0.3, -0.25) is 0 Å². The maximum atomic E-state index is 13.5. The molecule has 0 amide bonds. The van der Waals surface area contributed by atoms with Gasteiger partial charge in [0, 0.05) is 5.56 Å². The smallest absolute Gasteiger partial charge is 0.128 e. The van der Waals surface area contributed by atoms with E-state index in [1.807, 2.05) is 26.0 Å². The molecule has 2 aromatic rings. The van der Waals surface area contributed by atoms with E-state index in [1.165, 1.54) is 12.1 Å². The molecule has 1 unspecified atom stereocenters. The van der Waals surface area contributed by atoms with Crippen LogP contribution in [0.3, 0.4) is 0 Å². The zero-order valence-corrected chi connectivity index (χ0v) is 12.2. The minimum atomic E-state index is -0.904. The van der Waals surface area contributed by atoms with Crippen LogP contribution in [0, 0.1) is 26.6 Å². The van der Waals surface area contributed by atoms with Crippen LogP contribution < -0.4 is 4.74 Å². The van der Waals surface area contributed by atoms with Gasteiger partial charge >= 0.3 is 0 Å². The molecule has 0 aliphatic heterocycles. The quantitative estimate of drug-likeness (QED) is 0.921. The molecule has 0 heterocycles. The summed E-state index contributed by atoms with van der Waals surface area (Å²) in [6.07, 6.45) is -0.904. The summed E-state index contributed by atoms with van der Waals surface area (Å²) < 4.78 is 18.9. The minimum absolute atomic E-state index is 0.346. The highest BCUT2D eigenvalue weighted by Gasteiger charge is 2.18. The molecule has 20 heavy (non-hydrogen) atoms. The highest BCUT2D eigenvalue weighted by atomic mass is 19.1. The van der Waals surface area contributed by atoms with E-state index in [-0.39, 0.29) is 5.82 Å². The Morgan fingerprint density at radius 3 is 2.40 bits per heavy atom. The van der Waals surface area contributed by atoms with Gasteiger partial charge in [-0.2, -0.15) is 0 Å². The molecular weight excluding hydrogens is 255 g/mol. The lowest BCUT2D eigenvalue weighted by atomic mass is 9.95. The maximum Gasteiger partial charge on any atom is 0.128 e. The van der Waals surface area contributed by atoms with Crippen LogP contribution in [-0.4, -0.2) is 12.2 Å². The second kappa shape index (κ2) is 5.63. The summed E-state index contributed by atoms with van der Waals surface area (Å²) in [5.41, 5.74) is 4.04. The summed E-state index contributed by atoms with van der Waals surface area (Å²) >= 11 is 0. The fourth-order valence-electron chi connectivity index (χ4n) is 2.40. The van der Waals surface area contributed by atoms with E-state index < -0.39 is 6.10 Å². The molecule has 0 aliphatic carbocycles. The molecule has 2 rings (SSSR count). The number of hydrogen-bond acceptors (Lipinski definition) is 2. The highest BCUT2D eigenvalue weighted by molar-refractivity contribution is 5.49. The number of rotatable bonds is 3. The van der Waals surface area contributed by atoms with Crippen molar-refractivity contribution in [2.24, 2.45) is 0 Å². The van der Waals surface area contributed by atoms with Crippen molar-refractivity contribution in [2.45, 2.75) is 26.9 Å². The molecule has 2 aromatic carbocycles. The summed E-state index contributed by atoms with van der Waals surface area (Å²) in [5, 5.41) is 10.5. The third-order valence-electron chi connectivity index (χ3n) is 3.59. The predicted molar refractivity (Wildman–Crippen MR) is 77.7 cm³/mol. The first-order valence-corrected chi connectivity index (χ1v) is 6.53. The summed E-state index contributed by atoms with van der Waals surface area (Å²) in [4.78, 5) is 0. The Kier molecular flexibility index (Phi) is 4.09. The molecular formula is C17H19FO2. The van der Waals surface area contributed by atoms with E-state index in [9.17, 15) is 9.50 Å². The zero-order chi connectivity index (χ0) is 14.9. The fourth-order valence-corrected chi connectivity index (χ4v) is 2.40. The van der Waals surface area contributed by atoms with E-state index in [2.05, 4.69) is 0 Å². The van der Waals surface area contributed by atoms with Crippen molar-refractivity contribution >= 4 is 0 Å². The summed E-state index contributed by atoms with van der Waals surface area (Å²) in [6, 6.07) is 8.33. The van der Waals surface area contributed by atoms with Crippen molar-refractivity contribution in [3.05, 3.63) is 64.0 Å². The number of aliphatic hydroxyl groups is 1. The van der Waals surface area contributed by atoms with Crippen LogP contribution in [0.5, 0.6) is 5.75 Å². The summed E-state index contributed by atoms with van der Waals surface area (Å²) in [7, 11) is 1.58. The third-order valence-corrected chi connectivity index (χ3v) is 3.59. The van der Waals surface area contributed by atoms with Crippen LogP contribution in [0.4, 0.5) is 4.39 Å². The first kappa shape index (κ1) is 14.5. The first-order chi connectivity index (χ1) is 9.43. The van der Waals surface area contributed by atoms with Gasteiger partial charge in [0.25, 0.3) is 0 Å². The second-order valence-corrected chi connectivity index (χ2v) is 5.09. The van der Waals surface area contributed by atoms with Crippen molar-refractivity contribution in [3.8, 4) is 5.75 Å². The van der Waals surface area contributed by atoms with Crippen LogP contribution in [0.25, 0.3) is 0 Å². The van der Waals surface area contributed by atoms with Crippen LogP contribution >= 0.6 is 0 Å². The third kappa shape index (κ3) is 2.68. The standard InChI is InChI=1S/C17H19FO2/c1-10-7-13(9-14(18)8-10)16(19)15-6-5-11(2)12(3)17(15)20-4/h5-9,16,19H,1-4H3. The Morgan fingerprint density at radius 1 is 1.10 bits per heavy atom. The lowest BCUT2D eigenvalue weighted by molar-refractivity contribution is 0.214. The Balaban J connectivity index is 2.53. The molecule has 3 heteroatoms. The van der Waals surface area contributed by atoms with Gasteiger partial charge in [-0.25, -0.2) is 4.39 Å². The van der Waals surface area contributed by atoms with Crippen LogP contribution in [-0.2, 0) is 0 Å². The maximum absolute atomic E-state index is 13.5. The fraction of sp³-hybridized carbons (Fsp3) is 0.294. The SMILES string of the molecule is COc1c(C(O)c2cc(C)cc(F)c2)ccc(C)c1C. The molecule has 0 saturated carbocycles. The monoisotopic (exact) mass is 274 g/mol. The van der Waals surface area contributed by atoms with Gasteiger partial charge in [0.15, 0.2) is 0 Å². The molecule has 1 atom stereocenters. The summed E-state index contributed by atoms with van der Waals surface area (Å²) in [6.45, 7) is 5.73. The van der Waals surface area contributed by atoms with Crippen LogP contribution in [0.2, 0.25) is 0 Å². The van der Waals surface area contributed by atoms with Crippen LogP contribution in [0.15, 0.2) is 30.3 Å². The van der Waals surface area contributed by atoms with Gasteiger partial charge < -0.3 is 9.84 Å². The van der Waals surface area contributed by atoms with E-state index in [1.54, 1.807) is 20.1 Å². The normalized spacial score (nSPS) is 12.3. The van der Waals surface area contributed by atoms with Gasteiger partial charge in [0.1, 0.15) is 17.7 Å².